The molecule has 0 bridgehead atoms. The summed E-state index contributed by atoms with van der Waals surface area (Å²) in [6.45, 7) is 23.9. The maximum absolute atomic E-state index is 3.98. The average molecular weight is 1090 g/mol. The van der Waals surface area contributed by atoms with Crippen LogP contribution in [0.25, 0.3) is 32.3 Å². The lowest BCUT2D eigenvalue weighted by Crippen LogP contribution is -2.47. The Morgan fingerprint density at radius 1 is 0.218 bits per heavy atom. The van der Waals surface area contributed by atoms with Crippen molar-refractivity contribution >= 4 is 58.8 Å². The van der Waals surface area contributed by atoms with E-state index in [4.69, 9.17) is 0 Å². The molecule has 78 heavy (non-hydrogen) atoms. The highest BCUT2D eigenvalue weighted by Crippen LogP contribution is 2.39. The van der Waals surface area contributed by atoms with Gasteiger partial charge in [-0.3, -0.25) is 0 Å². The van der Waals surface area contributed by atoms with Crippen LogP contribution in [0.4, 0.5) is 0 Å². The molecule has 0 radical (unpaired) electrons. The molecule has 0 saturated heterocycles. The predicted octanol–water partition coefficient (Wildman–Crippen LogP) is 25.4. The van der Waals surface area contributed by atoms with Gasteiger partial charge < -0.3 is 0 Å². The number of allylic oxidation sites excluding steroid dienone is 6. The van der Waals surface area contributed by atoms with Gasteiger partial charge in [0.05, 0.1) is 16.1 Å². The number of rotatable bonds is 56. The Labute approximate surface area is 486 Å². The van der Waals surface area contributed by atoms with E-state index < -0.39 is 16.1 Å². The summed E-state index contributed by atoms with van der Waals surface area (Å²) in [7, 11) is -3.65. The molecule has 0 N–H and O–H groups in total. The molecule has 0 saturated carbocycles. The third kappa shape index (κ3) is 25.7. The third-order valence-corrected chi connectivity index (χ3v) is 29.5. The summed E-state index contributed by atoms with van der Waals surface area (Å²) in [5.74, 6) is 0. The molecular weight excluding hydrogens is 969 g/mol. The lowest BCUT2D eigenvalue weighted by Gasteiger charge is -2.35. The van der Waals surface area contributed by atoms with E-state index >= 15 is 0 Å². The minimum absolute atomic E-state index is 1.17. The standard InChI is InChI=1S/C76H122Si2/c1-7-13-19-25-31-37-43-49-59-77(60-50-44-38-32-26-20-14-8-2,61-51-45-39-33-27-21-15-9-3)73-65-69-55-57-71-67-74(68-72-58-56-70(66-73)75(69)76(71)72)78(62-52-46-40-34-28-22-16-10-4,63-53-47-41-35-29-23-17-11-5)64-54-48-42-36-30-24-18-12-6/h7-12,55-58,65-68H,1-6,13-54,59-64H2. The summed E-state index contributed by atoms with van der Waals surface area (Å²) in [5, 5.41) is 12.8. The van der Waals surface area contributed by atoms with E-state index in [0.717, 1.165) is 0 Å². The van der Waals surface area contributed by atoms with Crippen LogP contribution >= 0.6 is 0 Å². The Morgan fingerprint density at radius 3 is 0.538 bits per heavy atom. The molecule has 0 heterocycles. The highest BCUT2D eigenvalue weighted by atomic mass is 28.3. The smallest absolute Gasteiger partial charge is 0.0867 e. The Bertz CT molecular complexity index is 1830. The third-order valence-electron chi connectivity index (χ3n) is 18.6. The first-order chi connectivity index (χ1) is 38.5. The quantitative estimate of drug-likeness (QED) is 0.0179. The van der Waals surface area contributed by atoms with Crippen LogP contribution in [0.1, 0.15) is 270 Å². The van der Waals surface area contributed by atoms with E-state index in [1.165, 1.54) is 327 Å². The zero-order valence-electron chi connectivity index (χ0n) is 51.3. The summed E-state index contributed by atoms with van der Waals surface area (Å²) < 4.78 is 0. The van der Waals surface area contributed by atoms with Crippen molar-refractivity contribution in [3.05, 3.63) is 124 Å². The summed E-state index contributed by atoms with van der Waals surface area (Å²) in [4.78, 5) is 0. The van der Waals surface area contributed by atoms with Gasteiger partial charge in [0.2, 0.25) is 0 Å². The van der Waals surface area contributed by atoms with Gasteiger partial charge in [-0.1, -0.05) is 324 Å². The minimum Gasteiger partial charge on any atom is -0.103 e. The molecule has 0 aliphatic heterocycles. The van der Waals surface area contributed by atoms with Crippen molar-refractivity contribution < 1.29 is 0 Å². The summed E-state index contributed by atoms with van der Waals surface area (Å²) in [6, 6.07) is 30.4. The monoisotopic (exact) mass is 1090 g/mol. The fourth-order valence-electron chi connectivity index (χ4n) is 13.8. The molecule has 0 unspecified atom stereocenters. The molecule has 4 aromatic carbocycles. The SMILES string of the molecule is C=CCCCCCCCC[Si](CCCCCCCCC=C)(CCCCCCCCC=C)c1cc2ccc3cc([Si](CCCCCCCCC=C)(CCCCCCCCC=C)CCCCCCCCC=C)cc4ccc(c1)c2c34. The van der Waals surface area contributed by atoms with Crippen molar-refractivity contribution in [1.29, 1.82) is 0 Å². The highest BCUT2D eigenvalue weighted by molar-refractivity contribution is 6.92. The summed E-state index contributed by atoms with van der Waals surface area (Å²) in [6.07, 6.45) is 69.3. The topological polar surface area (TPSA) is 0 Å². The Hall–Kier alpha value is -3.21. The average Bonchev–Trinajstić information content (AvgIpc) is 3.65. The Morgan fingerprint density at radius 2 is 0.372 bits per heavy atom. The lowest BCUT2D eigenvalue weighted by atomic mass is 9.94. The Kier molecular flexibility index (Phi) is 37.5. The van der Waals surface area contributed by atoms with E-state index in [9.17, 15) is 0 Å². The lowest BCUT2D eigenvalue weighted by molar-refractivity contribution is 0.597. The molecule has 4 aromatic rings. The van der Waals surface area contributed by atoms with Crippen LogP contribution in [0.2, 0.25) is 36.3 Å². The minimum atomic E-state index is -1.82. The maximum Gasteiger partial charge on any atom is 0.0867 e. The maximum atomic E-state index is 3.98. The molecule has 0 aromatic heterocycles. The van der Waals surface area contributed by atoms with Crippen LogP contribution in [0.5, 0.6) is 0 Å². The molecule has 0 aliphatic carbocycles. The van der Waals surface area contributed by atoms with Gasteiger partial charge >= 0.3 is 0 Å². The van der Waals surface area contributed by atoms with Crippen LogP contribution in [0, 0.1) is 0 Å². The summed E-state index contributed by atoms with van der Waals surface area (Å²) >= 11 is 0. The second-order valence-corrected chi connectivity index (χ2v) is 34.3. The van der Waals surface area contributed by atoms with Gasteiger partial charge in [-0.2, -0.15) is 0 Å². The first-order valence-electron chi connectivity index (χ1n) is 33.9. The van der Waals surface area contributed by atoms with Crippen LogP contribution in [0.3, 0.4) is 0 Å². The van der Waals surface area contributed by atoms with Crippen LogP contribution < -0.4 is 10.4 Å². The summed E-state index contributed by atoms with van der Waals surface area (Å²) in [5.41, 5.74) is 0. The second kappa shape index (κ2) is 43.5. The van der Waals surface area contributed by atoms with Crippen molar-refractivity contribution in [3.8, 4) is 0 Å². The molecule has 0 nitrogen and oxygen atoms in total. The molecule has 4 rings (SSSR count). The largest absolute Gasteiger partial charge is 0.103 e. The second-order valence-electron chi connectivity index (χ2n) is 25.0. The number of hydrogen-bond acceptors (Lipinski definition) is 0. The normalized spacial score (nSPS) is 12.1. The van der Waals surface area contributed by atoms with Crippen LogP contribution in [-0.2, 0) is 0 Å². The van der Waals surface area contributed by atoms with Crippen LogP contribution in [0.15, 0.2) is 124 Å². The Balaban J connectivity index is 1.73. The number of benzene rings is 4. The fraction of sp³-hybridized carbons (Fsp3) is 0.632. The first-order valence-corrected chi connectivity index (χ1v) is 39.1. The van der Waals surface area contributed by atoms with Gasteiger partial charge in [-0.05, 0) is 109 Å². The van der Waals surface area contributed by atoms with Gasteiger partial charge in [0.1, 0.15) is 0 Å². The van der Waals surface area contributed by atoms with Gasteiger partial charge in [-0.15, -0.1) is 39.5 Å². The van der Waals surface area contributed by atoms with Crippen molar-refractivity contribution in [1.82, 2.24) is 0 Å². The predicted molar refractivity (Wildman–Crippen MR) is 365 cm³/mol. The zero-order chi connectivity index (χ0) is 55.5. The van der Waals surface area contributed by atoms with E-state index in [0.29, 0.717) is 0 Å². The molecule has 0 fully saturated rings. The number of hydrogen-bond donors (Lipinski definition) is 0. The van der Waals surface area contributed by atoms with Crippen molar-refractivity contribution in [2.45, 2.75) is 306 Å². The zero-order valence-corrected chi connectivity index (χ0v) is 53.3. The van der Waals surface area contributed by atoms with Crippen molar-refractivity contribution in [2.75, 3.05) is 0 Å². The van der Waals surface area contributed by atoms with Crippen molar-refractivity contribution in [2.24, 2.45) is 0 Å². The molecule has 434 valence electrons. The highest BCUT2D eigenvalue weighted by Gasteiger charge is 2.36. The molecular formula is C76H122Si2. The molecule has 0 amide bonds. The van der Waals surface area contributed by atoms with Gasteiger partial charge in [0.25, 0.3) is 0 Å². The van der Waals surface area contributed by atoms with Crippen molar-refractivity contribution in [3.63, 3.8) is 0 Å². The molecule has 0 aliphatic rings. The van der Waals surface area contributed by atoms with Crippen LogP contribution in [-0.4, -0.2) is 16.1 Å². The molecule has 0 spiro atoms. The van der Waals surface area contributed by atoms with E-state index in [2.05, 4.69) is 124 Å². The van der Waals surface area contributed by atoms with E-state index in [-0.39, 0.29) is 0 Å². The van der Waals surface area contributed by atoms with Gasteiger partial charge in [0.15, 0.2) is 0 Å². The number of unbranched alkanes of at least 4 members (excludes halogenated alkanes) is 36. The molecule has 2 heteroatoms. The fourth-order valence-corrected chi connectivity index (χ4v) is 24.5. The van der Waals surface area contributed by atoms with E-state index in [1.54, 1.807) is 21.1 Å². The van der Waals surface area contributed by atoms with E-state index in [1.807, 2.05) is 0 Å². The first kappa shape index (κ1) is 67.3. The molecule has 0 atom stereocenters. The van der Waals surface area contributed by atoms with Gasteiger partial charge in [-0.25, -0.2) is 0 Å². The van der Waals surface area contributed by atoms with Gasteiger partial charge in [0, 0.05) is 0 Å².